The number of ether oxygens (including phenoxy) is 1. The minimum Gasteiger partial charge on any atom is -0.380 e. The smallest absolute Gasteiger partial charge is 0.0698 e. The van der Waals surface area contributed by atoms with Crippen molar-refractivity contribution in [2.45, 2.75) is 63.6 Å². The molecule has 0 amide bonds. The summed E-state index contributed by atoms with van der Waals surface area (Å²) >= 11 is 0. The van der Waals surface area contributed by atoms with Crippen LogP contribution in [-0.4, -0.2) is 49.8 Å². The number of hydrogen-bond donors (Lipinski definition) is 1. The summed E-state index contributed by atoms with van der Waals surface area (Å²) in [7, 11) is 1.86. The lowest BCUT2D eigenvalue weighted by Crippen LogP contribution is -2.45. The number of piperidine rings is 1. The minimum atomic E-state index is 0.478. The lowest BCUT2D eigenvalue weighted by molar-refractivity contribution is 0.0152. The summed E-state index contributed by atoms with van der Waals surface area (Å²) in [5.74, 6) is 0. The molecule has 3 heteroatoms. The molecule has 17 heavy (non-hydrogen) atoms. The second kappa shape index (κ2) is 6.72. The molecule has 2 fully saturated rings. The van der Waals surface area contributed by atoms with E-state index in [9.17, 15) is 0 Å². The van der Waals surface area contributed by atoms with Gasteiger partial charge in [-0.1, -0.05) is 6.92 Å². The molecule has 3 atom stereocenters. The summed E-state index contributed by atoms with van der Waals surface area (Å²) in [6, 6.07) is 1.57. The van der Waals surface area contributed by atoms with E-state index < -0.39 is 0 Å². The Labute approximate surface area is 106 Å². The van der Waals surface area contributed by atoms with Crippen molar-refractivity contribution >= 4 is 0 Å². The number of nitrogens with zero attached hydrogens (tertiary/aromatic N) is 1. The van der Waals surface area contributed by atoms with E-state index in [1.54, 1.807) is 0 Å². The summed E-state index contributed by atoms with van der Waals surface area (Å²) in [6.45, 7) is 5.86. The van der Waals surface area contributed by atoms with Crippen molar-refractivity contribution in [3.8, 4) is 0 Å². The van der Waals surface area contributed by atoms with Crippen LogP contribution in [0.25, 0.3) is 0 Å². The lowest BCUT2D eigenvalue weighted by atomic mass is 10.0. The van der Waals surface area contributed by atoms with Crippen molar-refractivity contribution in [3.63, 3.8) is 0 Å². The van der Waals surface area contributed by atoms with Crippen molar-refractivity contribution in [1.29, 1.82) is 0 Å². The van der Waals surface area contributed by atoms with Gasteiger partial charge in [-0.25, -0.2) is 0 Å². The van der Waals surface area contributed by atoms with Gasteiger partial charge >= 0.3 is 0 Å². The largest absolute Gasteiger partial charge is 0.380 e. The van der Waals surface area contributed by atoms with E-state index >= 15 is 0 Å². The predicted molar refractivity (Wildman–Crippen MR) is 71.3 cm³/mol. The first kappa shape index (κ1) is 13.3. The van der Waals surface area contributed by atoms with E-state index in [-0.39, 0.29) is 0 Å². The molecule has 0 bridgehead atoms. The Balaban J connectivity index is 1.75. The first-order valence-corrected chi connectivity index (χ1v) is 7.33. The first-order chi connectivity index (χ1) is 8.33. The van der Waals surface area contributed by atoms with Gasteiger partial charge in [-0.05, 0) is 51.6 Å². The highest BCUT2D eigenvalue weighted by Gasteiger charge is 2.31. The molecule has 3 nitrogen and oxygen atoms in total. The van der Waals surface area contributed by atoms with Gasteiger partial charge in [-0.3, -0.25) is 4.90 Å². The molecule has 1 saturated heterocycles. The summed E-state index contributed by atoms with van der Waals surface area (Å²) in [5, 5.41) is 3.67. The molecule has 0 spiro atoms. The minimum absolute atomic E-state index is 0.478. The molecular weight excluding hydrogens is 212 g/mol. The molecule has 2 rings (SSSR count). The van der Waals surface area contributed by atoms with Gasteiger partial charge in [0.25, 0.3) is 0 Å². The zero-order valence-corrected chi connectivity index (χ0v) is 11.5. The van der Waals surface area contributed by atoms with Gasteiger partial charge in [0.1, 0.15) is 0 Å². The van der Waals surface area contributed by atoms with Crippen molar-refractivity contribution in [3.05, 3.63) is 0 Å². The number of hydrogen-bond acceptors (Lipinski definition) is 3. The van der Waals surface area contributed by atoms with E-state index in [1.807, 2.05) is 7.11 Å². The van der Waals surface area contributed by atoms with Crippen LogP contribution in [0.15, 0.2) is 0 Å². The number of methoxy groups -OCH3 is 1. The Hall–Kier alpha value is -0.120. The quantitative estimate of drug-likeness (QED) is 0.795. The van der Waals surface area contributed by atoms with Crippen LogP contribution in [0, 0.1) is 0 Å². The van der Waals surface area contributed by atoms with Crippen LogP contribution in [0.2, 0.25) is 0 Å². The van der Waals surface area contributed by atoms with Gasteiger partial charge < -0.3 is 10.1 Å². The number of rotatable bonds is 5. The van der Waals surface area contributed by atoms with Crippen molar-refractivity contribution < 1.29 is 4.74 Å². The van der Waals surface area contributed by atoms with Gasteiger partial charge in [0.05, 0.1) is 6.10 Å². The van der Waals surface area contributed by atoms with Crippen LogP contribution in [0.5, 0.6) is 0 Å². The molecular formula is C14H28N2O. The van der Waals surface area contributed by atoms with Crippen LogP contribution in [-0.2, 0) is 4.74 Å². The fraction of sp³-hybridized carbons (Fsp3) is 1.00. The van der Waals surface area contributed by atoms with E-state index in [0.29, 0.717) is 6.10 Å². The highest BCUT2D eigenvalue weighted by molar-refractivity contribution is 4.89. The summed E-state index contributed by atoms with van der Waals surface area (Å²) in [5.41, 5.74) is 0. The second-order valence-electron chi connectivity index (χ2n) is 5.61. The van der Waals surface area contributed by atoms with Gasteiger partial charge in [0.15, 0.2) is 0 Å². The van der Waals surface area contributed by atoms with Gasteiger partial charge in [0.2, 0.25) is 0 Å². The molecule has 1 aliphatic heterocycles. The third-order valence-electron chi connectivity index (χ3n) is 4.35. The topological polar surface area (TPSA) is 24.5 Å². The number of nitrogens with one attached hydrogen (secondary N) is 1. The van der Waals surface area contributed by atoms with Crippen molar-refractivity contribution in [1.82, 2.24) is 10.2 Å². The maximum Gasteiger partial charge on any atom is 0.0698 e. The average Bonchev–Trinajstić information content (AvgIpc) is 2.85. The average molecular weight is 240 g/mol. The molecule has 0 radical (unpaired) electrons. The van der Waals surface area contributed by atoms with Crippen LogP contribution >= 0.6 is 0 Å². The first-order valence-electron chi connectivity index (χ1n) is 7.33. The van der Waals surface area contributed by atoms with Crippen LogP contribution in [0.4, 0.5) is 0 Å². The standard InChI is InChI=1S/C14H28N2O/c1-3-8-15-12-6-7-13(10-12)16-9-4-5-14(11-16)17-2/h12-15H,3-11H2,1-2H3. The molecule has 100 valence electrons. The van der Waals surface area contributed by atoms with Crippen LogP contribution in [0.3, 0.4) is 0 Å². The molecule has 1 heterocycles. The van der Waals surface area contributed by atoms with Crippen LogP contribution in [0.1, 0.15) is 45.4 Å². The van der Waals surface area contributed by atoms with E-state index in [2.05, 4.69) is 17.1 Å². The van der Waals surface area contributed by atoms with Gasteiger partial charge in [-0.15, -0.1) is 0 Å². The fourth-order valence-corrected chi connectivity index (χ4v) is 3.31. The summed E-state index contributed by atoms with van der Waals surface area (Å²) < 4.78 is 5.52. The maximum absolute atomic E-state index is 5.52. The third-order valence-corrected chi connectivity index (χ3v) is 4.35. The fourth-order valence-electron chi connectivity index (χ4n) is 3.31. The second-order valence-corrected chi connectivity index (χ2v) is 5.61. The van der Waals surface area contributed by atoms with Crippen molar-refractivity contribution in [2.75, 3.05) is 26.7 Å². The van der Waals surface area contributed by atoms with E-state index in [1.165, 1.54) is 51.6 Å². The monoisotopic (exact) mass is 240 g/mol. The SMILES string of the molecule is CCCNC1CCC(N2CCCC(OC)C2)C1. The van der Waals surface area contributed by atoms with Crippen LogP contribution < -0.4 is 5.32 Å². The Kier molecular flexibility index (Phi) is 5.26. The Morgan fingerprint density at radius 2 is 2.18 bits per heavy atom. The molecule has 0 aromatic carbocycles. The molecule has 0 aromatic heterocycles. The Morgan fingerprint density at radius 3 is 2.94 bits per heavy atom. The third kappa shape index (κ3) is 3.67. The molecule has 3 unspecified atom stereocenters. The Bertz CT molecular complexity index is 222. The zero-order chi connectivity index (χ0) is 12.1. The molecule has 1 aliphatic carbocycles. The molecule has 1 N–H and O–H groups in total. The highest BCUT2D eigenvalue weighted by Crippen LogP contribution is 2.27. The van der Waals surface area contributed by atoms with E-state index in [4.69, 9.17) is 4.74 Å². The van der Waals surface area contributed by atoms with Gasteiger partial charge in [0, 0.05) is 25.7 Å². The van der Waals surface area contributed by atoms with Crippen molar-refractivity contribution in [2.24, 2.45) is 0 Å². The van der Waals surface area contributed by atoms with E-state index in [0.717, 1.165) is 18.6 Å². The highest BCUT2D eigenvalue weighted by atomic mass is 16.5. The zero-order valence-electron chi connectivity index (χ0n) is 11.5. The molecule has 1 saturated carbocycles. The molecule has 0 aromatic rings. The summed E-state index contributed by atoms with van der Waals surface area (Å²) in [4.78, 5) is 2.67. The summed E-state index contributed by atoms with van der Waals surface area (Å²) in [6.07, 6.45) is 8.36. The predicted octanol–water partition coefficient (Wildman–Crippen LogP) is 2.02. The molecule has 2 aliphatic rings. The normalized spacial score (nSPS) is 35.3. The Morgan fingerprint density at radius 1 is 1.29 bits per heavy atom. The van der Waals surface area contributed by atoms with Gasteiger partial charge in [-0.2, -0.15) is 0 Å². The lowest BCUT2D eigenvalue weighted by Gasteiger charge is -2.36. The number of likely N-dealkylation sites (tertiary alicyclic amines) is 1. The maximum atomic E-state index is 5.52.